The molecule has 11 heteroatoms. The van der Waals surface area contributed by atoms with Crippen molar-refractivity contribution in [2.45, 2.75) is 32.5 Å². The molecule has 0 N–H and O–H groups in total. The van der Waals surface area contributed by atoms with Gasteiger partial charge in [0.25, 0.3) is 5.91 Å². The van der Waals surface area contributed by atoms with Crippen molar-refractivity contribution in [1.29, 1.82) is 0 Å². The minimum absolute atomic E-state index is 0.0254. The van der Waals surface area contributed by atoms with E-state index in [1.807, 2.05) is 44.2 Å². The second kappa shape index (κ2) is 10.1. The van der Waals surface area contributed by atoms with Crippen molar-refractivity contribution < 1.29 is 27.4 Å². The third-order valence-electron chi connectivity index (χ3n) is 7.31. The van der Waals surface area contributed by atoms with Gasteiger partial charge in [0.05, 0.1) is 5.69 Å². The highest BCUT2D eigenvalue weighted by atomic mass is 19.4. The van der Waals surface area contributed by atoms with E-state index in [-0.39, 0.29) is 23.8 Å². The second-order valence-electron chi connectivity index (χ2n) is 10.4. The SMILES string of the molecule is CC(C)c1ccc(-c2cc(C(F)(F)F)n3nc(C(=O)N4CCN(Cc5ccc6c(c5)OCO6)CC4)cc3n2)cc1. The Hall–Kier alpha value is -4.12. The fourth-order valence-corrected chi connectivity index (χ4v) is 5.04. The largest absolute Gasteiger partial charge is 0.454 e. The predicted octanol–water partition coefficient (Wildman–Crippen LogP) is 5.23. The molecule has 0 atom stereocenters. The quantitative estimate of drug-likeness (QED) is 0.339. The van der Waals surface area contributed by atoms with Crippen LogP contribution in [0.1, 0.15) is 47.1 Å². The van der Waals surface area contributed by atoms with Crippen molar-refractivity contribution in [1.82, 2.24) is 24.4 Å². The minimum atomic E-state index is -4.68. The van der Waals surface area contributed by atoms with E-state index in [4.69, 9.17) is 9.47 Å². The van der Waals surface area contributed by atoms with Gasteiger partial charge in [-0.05, 0) is 35.2 Å². The fourth-order valence-electron chi connectivity index (χ4n) is 5.04. The Bertz CT molecular complexity index is 1560. The molecule has 2 aliphatic heterocycles. The Morgan fingerprint density at radius 3 is 2.38 bits per heavy atom. The second-order valence-corrected chi connectivity index (χ2v) is 10.4. The van der Waals surface area contributed by atoms with Crippen molar-refractivity contribution in [3.8, 4) is 22.8 Å². The summed E-state index contributed by atoms with van der Waals surface area (Å²) in [6.07, 6.45) is -4.68. The number of amides is 1. The van der Waals surface area contributed by atoms with E-state index in [0.717, 1.165) is 33.2 Å². The van der Waals surface area contributed by atoms with Gasteiger partial charge < -0.3 is 14.4 Å². The van der Waals surface area contributed by atoms with Gasteiger partial charge in [-0.2, -0.15) is 18.3 Å². The van der Waals surface area contributed by atoms with Crippen LogP contribution in [-0.4, -0.2) is 63.3 Å². The van der Waals surface area contributed by atoms with Crippen LogP contribution in [0.3, 0.4) is 0 Å². The number of fused-ring (bicyclic) bond motifs is 2. The molecule has 2 aromatic carbocycles. The molecular weight excluding hydrogens is 523 g/mol. The van der Waals surface area contributed by atoms with E-state index in [1.54, 1.807) is 17.0 Å². The van der Waals surface area contributed by atoms with Crippen LogP contribution in [-0.2, 0) is 12.7 Å². The number of alkyl halides is 3. The van der Waals surface area contributed by atoms with E-state index in [9.17, 15) is 18.0 Å². The number of ether oxygens (including phenoxy) is 2. The topological polar surface area (TPSA) is 72.2 Å². The zero-order valence-corrected chi connectivity index (χ0v) is 22.1. The van der Waals surface area contributed by atoms with Crippen molar-refractivity contribution in [3.63, 3.8) is 0 Å². The normalized spacial score (nSPS) is 15.8. The van der Waals surface area contributed by atoms with Gasteiger partial charge in [0, 0.05) is 44.4 Å². The molecular formula is C29H28F3N5O3. The van der Waals surface area contributed by atoms with E-state index in [1.165, 1.54) is 6.07 Å². The summed E-state index contributed by atoms with van der Waals surface area (Å²) in [5.41, 5.74) is 1.82. The van der Waals surface area contributed by atoms with Crippen molar-refractivity contribution in [2.24, 2.45) is 0 Å². The molecule has 4 aromatic rings. The molecule has 2 aromatic heterocycles. The maximum atomic E-state index is 14.0. The van der Waals surface area contributed by atoms with Gasteiger partial charge in [-0.1, -0.05) is 44.2 Å². The first-order chi connectivity index (χ1) is 19.2. The van der Waals surface area contributed by atoms with E-state index >= 15 is 0 Å². The van der Waals surface area contributed by atoms with Crippen molar-refractivity contribution in [3.05, 3.63) is 77.1 Å². The molecule has 2 aliphatic rings. The van der Waals surface area contributed by atoms with Gasteiger partial charge in [-0.25, -0.2) is 9.50 Å². The number of rotatable bonds is 5. The summed E-state index contributed by atoms with van der Waals surface area (Å²) in [4.78, 5) is 21.5. The minimum Gasteiger partial charge on any atom is -0.454 e. The Labute approximate surface area is 228 Å². The molecule has 1 saturated heterocycles. The Balaban J connectivity index is 1.20. The standard InChI is InChI=1S/C29H28F3N5O3/c1-18(2)20-4-6-21(7-5-20)22-14-26(29(30,31)32)37-27(33-22)15-23(34-37)28(38)36-11-9-35(10-12-36)16-19-3-8-24-25(13-19)40-17-39-24/h3-8,13-15,18H,9-12,16-17H2,1-2H3. The zero-order valence-electron chi connectivity index (χ0n) is 22.1. The van der Waals surface area contributed by atoms with Crippen LogP contribution in [0.25, 0.3) is 16.9 Å². The molecule has 0 saturated carbocycles. The Morgan fingerprint density at radius 2 is 1.68 bits per heavy atom. The molecule has 0 aliphatic carbocycles. The molecule has 0 unspecified atom stereocenters. The van der Waals surface area contributed by atoms with Crippen LogP contribution in [0.15, 0.2) is 54.6 Å². The zero-order chi connectivity index (χ0) is 28.0. The number of carbonyl (C=O) groups is 1. The number of hydrogen-bond acceptors (Lipinski definition) is 6. The van der Waals surface area contributed by atoms with E-state index in [0.29, 0.717) is 44.2 Å². The molecule has 0 bridgehead atoms. The molecule has 0 spiro atoms. The van der Waals surface area contributed by atoms with Crippen LogP contribution < -0.4 is 9.47 Å². The molecule has 40 heavy (non-hydrogen) atoms. The van der Waals surface area contributed by atoms with Crippen LogP contribution >= 0.6 is 0 Å². The van der Waals surface area contributed by atoms with Crippen LogP contribution in [0.5, 0.6) is 11.5 Å². The van der Waals surface area contributed by atoms with Gasteiger partial charge in [-0.15, -0.1) is 0 Å². The lowest BCUT2D eigenvalue weighted by atomic mass is 10.0. The smallest absolute Gasteiger partial charge is 0.433 e. The average Bonchev–Trinajstić information content (AvgIpc) is 3.59. The number of piperazine rings is 1. The number of nitrogens with zero attached hydrogens (tertiary/aromatic N) is 5. The van der Waals surface area contributed by atoms with Crippen LogP contribution in [0.2, 0.25) is 0 Å². The van der Waals surface area contributed by atoms with Crippen molar-refractivity contribution >= 4 is 11.6 Å². The third kappa shape index (κ3) is 5.08. The Kier molecular flexibility index (Phi) is 6.61. The first kappa shape index (κ1) is 26.1. The van der Waals surface area contributed by atoms with E-state index in [2.05, 4.69) is 15.0 Å². The number of benzene rings is 2. The van der Waals surface area contributed by atoms with Gasteiger partial charge in [0.15, 0.2) is 28.5 Å². The lowest BCUT2D eigenvalue weighted by Crippen LogP contribution is -2.48. The molecule has 0 radical (unpaired) electrons. The van der Waals surface area contributed by atoms with Gasteiger partial charge in [0.2, 0.25) is 6.79 Å². The molecule has 1 amide bonds. The van der Waals surface area contributed by atoms with Crippen LogP contribution in [0, 0.1) is 0 Å². The summed E-state index contributed by atoms with van der Waals surface area (Å²) < 4.78 is 53.6. The summed E-state index contributed by atoms with van der Waals surface area (Å²) >= 11 is 0. The first-order valence-electron chi connectivity index (χ1n) is 13.1. The number of hydrogen-bond donors (Lipinski definition) is 0. The third-order valence-corrected chi connectivity index (χ3v) is 7.31. The average molecular weight is 552 g/mol. The molecule has 208 valence electrons. The molecule has 1 fully saturated rings. The number of aromatic nitrogens is 3. The molecule has 4 heterocycles. The first-order valence-corrected chi connectivity index (χ1v) is 13.1. The maximum absolute atomic E-state index is 14.0. The van der Waals surface area contributed by atoms with Crippen LogP contribution in [0.4, 0.5) is 13.2 Å². The Morgan fingerprint density at radius 1 is 0.950 bits per heavy atom. The summed E-state index contributed by atoms with van der Waals surface area (Å²) in [5.74, 6) is 1.33. The monoisotopic (exact) mass is 551 g/mol. The number of halogens is 3. The highest BCUT2D eigenvalue weighted by Gasteiger charge is 2.36. The highest BCUT2D eigenvalue weighted by Crippen LogP contribution is 2.34. The van der Waals surface area contributed by atoms with Gasteiger partial charge >= 0.3 is 6.18 Å². The molecule has 6 rings (SSSR count). The maximum Gasteiger partial charge on any atom is 0.433 e. The predicted molar refractivity (Wildman–Crippen MR) is 141 cm³/mol. The summed E-state index contributed by atoms with van der Waals surface area (Å²) in [6, 6.07) is 15.4. The molecule has 8 nitrogen and oxygen atoms in total. The highest BCUT2D eigenvalue weighted by molar-refractivity contribution is 5.93. The lowest BCUT2D eigenvalue weighted by molar-refractivity contribution is -0.142. The fraction of sp³-hybridized carbons (Fsp3) is 0.345. The summed E-state index contributed by atoms with van der Waals surface area (Å²) in [5, 5.41) is 4.05. The van der Waals surface area contributed by atoms with Gasteiger partial charge in [-0.3, -0.25) is 9.69 Å². The summed E-state index contributed by atoms with van der Waals surface area (Å²) in [6.45, 7) is 7.11. The summed E-state index contributed by atoms with van der Waals surface area (Å²) in [7, 11) is 0. The van der Waals surface area contributed by atoms with E-state index < -0.39 is 17.8 Å². The lowest BCUT2D eigenvalue weighted by Gasteiger charge is -2.34. The number of carbonyl (C=O) groups excluding carboxylic acids is 1. The van der Waals surface area contributed by atoms with Crippen molar-refractivity contribution in [2.75, 3.05) is 33.0 Å². The van der Waals surface area contributed by atoms with Gasteiger partial charge in [0.1, 0.15) is 0 Å².